The van der Waals surface area contributed by atoms with E-state index in [0.717, 1.165) is 22.2 Å². The van der Waals surface area contributed by atoms with E-state index in [1.54, 1.807) is 0 Å². The van der Waals surface area contributed by atoms with Crippen molar-refractivity contribution >= 4 is 35.0 Å². The molecule has 1 N–H and O–H groups in total. The Morgan fingerprint density at radius 1 is 1.41 bits per heavy atom. The maximum absolute atomic E-state index is 12.1. The number of thioether (sulfide) groups is 1. The molecule has 0 spiro atoms. The second-order valence-corrected chi connectivity index (χ2v) is 6.73. The Morgan fingerprint density at radius 2 is 2.18 bits per heavy atom. The average molecular weight is 337 g/mol. The van der Waals surface area contributed by atoms with E-state index in [-0.39, 0.29) is 5.91 Å². The third-order valence-electron chi connectivity index (χ3n) is 3.62. The molecule has 1 heterocycles. The molecule has 1 aliphatic rings. The minimum absolute atomic E-state index is 0.0710. The predicted molar refractivity (Wildman–Crippen MR) is 88.6 cm³/mol. The van der Waals surface area contributed by atoms with E-state index in [2.05, 4.69) is 20.1 Å². The molecular formula is C15H17ClN4OS. The summed E-state index contributed by atoms with van der Waals surface area (Å²) in [5.74, 6) is 1.14. The Kier molecular flexibility index (Phi) is 4.40. The van der Waals surface area contributed by atoms with Crippen molar-refractivity contribution in [3.05, 3.63) is 34.6 Å². The molecule has 0 atom stereocenters. The zero-order valence-corrected chi connectivity index (χ0v) is 14.0. The fourth-order valence-corrected chi connectivity index (χ4v) is 3.29. The third kappa shape index (κ3) is 3.28. The quantitative estimate of drug-likeness (QED) is 0.847. The zero-order chi connectivity index (χ0) is 15.7. The highest BCUT2D eigenvalue weighted by molar-refractivity contribution is 7.99. The van der Waals surface area contributed by atoms with E-state index >= 15 is 0 Å². The molecule has 1 aliphatic carbocycles. The van der Waals surface area contributed by atoms with E-state index in [9.17, 15) is 4.79 Å². The molecule has 3 rings (SSSR count). The van der Waals surface area contributed by atoms with Gasteiger partial charge in [-0.2, -0.15) is 0 Å². The van der Waals surface area contributed by atoms with Crippen molar-refractivity contribution in [3.8, 4) is 0 Å². The highest BCUT2D eigenvalue weighted by Gasteiger charge is 2.28. The third-order valence-corrected chi connectivity index (χ3v) is 4.97. The van der Waals surface area contributed by atoms with Crippen LogP contribution in [0.15, 0.2) is 23.4 Å². The lowest BCUT2D eigenvalue weighted by atomic mass is 10.2. The van der Waals surface area contributed by atoms with Gasteiger partial charge in [-0.05, 0) is 44.4 Å². The van der Waals surface area contributed by atoms with Crippen molar-refractivity contribution in [1.82, 2.24) is 14.8 Å². The lowest BCUT2D eigenvalue weighted by molar-refractivity contribution is -0.113. The molecule has 1 aromatic carbocycles. The van der Waals surface area contributed by atoms with Gasteiger partial charge < -0.3 is 9.88 Å². The number of amides is 1. The van der Waals surface area contributed by atoms with Crippen LogP contribution in [0.4, 0.5) is 5.69 Å². The van der Waals surface area contributed by atoms with Crippen LogP contribution in [0.3, 0.4) is 0 Å². The SMILES string of the molecule is Cc1c(Cl)cccc1NC(=O)CSc1nnc(C)n1C1CC1. The average Bonchev–Trinajstić information content (AvgIpc) is 3.25. The molecule has 7 heteroatoms. The fraction of sp³-hybridized carbons (Fsp3) is 0.400. The van der Waals surface area contributed by atoms with Crippen LogP contribution < -0.4 is 5.32 Å². The minimum Gasteiger partial charge on any atom is -0.325 e. The molecule has 5 nitrogen and oxygen atoms in total. The lowest BCUT2D eigenvalue weighted by Crippen LogP contribution is -2.15. The van der Waals surface area contributed by atoms with Gasteiger partial charge in [-0.1, -0.05) is 29.4 Å². The second kappa shape index (κ2) is 6.30. The number of hydrogen-bond donors (Lipinski definition) is 1. The molecule has 0 unspecified atom stereocenters. The van der Waals surface area contributed by atoms with Crippen molar-refractivity contribution in [1.29, 1.82) is 0 Å². The van der Waals surface area contributed by atoms with Crippen LogP contribution in [-0.2, 0) is 4.79 Å². The Bertz CT molecular complexity index is 712. The molecule has 0 aliphatic heterocycles. The van der Waals surface area contributed by atoms with Crippen LogP contribution in [0.25, 0.3) is 0 Å². The summed E-state index contributed by atoms with van der Waals surface area (Å²) < 4.78 is 2.13. The number of aryl methyl sites for hydroxylation is 1. The first-order chi connectivity index (χ1) is 10.6. The Morgan fingerprint density at radius 3 is 2.91 bits per heavy atom. The van der Waals surface area contributed by atoms with Crippen LogP contribution in [-0.4, -0.2) is 26.4 Å². The smallest absolute Gasteiger partial charge is 0.234 e. The summed E-state index contributed by atoms with van der Waals surface area (Å²) in [4.78, 5) is 12.1. The van der Waals surface area contributed by atoms with E-state index in [0.29, 0.717) is 16.8 Å². The zero-order valence-electron chi connectivity index (χ0n) is 12.5. The van der Waals surface area contributed by atoms with Crippen molar-refractivity contribution in [2.75, 3.05) is 11.1 Å². The number of carbonyl (C=O) groups is 1. The van der Waals surface area contributed by atoms with Gasteiger partial charge in [0.25, 0.3) is 0 Å². The number of hydrogen-bond acceptors (Lipinski definition) is 4. The normalized spacial score (nSPS) is 14.1. The highest BCUT2D eigenvalue weighted by atomic mass is 35.5. The fourth-order valence-electron chi connectivity index (χ4n) is 2.26. The van der Waals surface area contributed by atoms with Crippen LogP contribution in [0.1, 0.15) is 30.3 Å². The number of aromatic nitrogens is 3. The van der Waals surface area contributed by atoms with Gasteiger partial charge in [0.1, 0.15) is 5.82 Å². The van der Waals surface area contributed by atoms with Crippen LogP contribution >= 0.6 is 23.4 Å². The number of halogens is 1. The first-order valence-corrected chi connectivity index (χ1v) is 8.52. The predicted octanol–water partition coefficient (Wildman–Crippen LogP) is 3.61. The van der Waals surface area contributed by atoms with E-state index in [1.165, 1.54) is 24.6 Å². The molecule has 0 bridgehead atoms. The van der Waals surface area contributed by atoms with Crippen molar-refractivity contribution in [3.63, 3.8) is 0 Å². The number of carbonyl (C=O) groups excluding carboxylic acids is 1. The molecule has 116 valence electrons. The lowest BCUT2D eigenvalue weighted by Gasteiger charge is -2.10. The minimum atomic E-state index is -0.0710. The summed E-state index contributed by atoms with van der Waals surface area (Å²) in [6.45, 7) is 3.84. The number of nitrogens with one attached hydrogen (secondary N) is 1. The van der Waals surface area contributed by atoms with Gasteiger partial charge >= 0.3 is 0 Å². The standard InChI is InChI=1S/C15H17ClN4OS/c1-9-12(16)4-3-5-13(9)17-14(21)8-22-15-19-18-10(2)20(15)11-6-7-11/h3-5,11H,6-8H2,1-2H3,(H,17,21). The molecule has 2 aromatic rings. The molecular weight excluding hydrogens is 320 g/mol. The monoisotopic (exact) mass is 336 g/mol. The molecule has 1 aromatic heterocycles. The van der Waals surface area contributed by atoms with Gasteiger partial charge in [-0.25, -0.2) is 0 Å². The molecule has 0 radical (unpaired) electrons. The van der Waals surface area contributed by atoms with E-state index in [4.69, 9.17) is 11.6 Å². The van der Waals surface area contributed by atoms with E-state index < -0.39 is 0 Å². The Labute approximate surface area is 138 Å². The van der Waals surface area contributed by atoms with Crippen molar-refractivity contribution < 1.29 is 4.79 Å². The van der Waals surface area contributed by atoms with Gasteiger partial charge in [0, 0.05) is 16.8 Å². The Hall–Kier alpha value is -1.53. The van der Waals surface area contributed by atoms with Crippen LogP contribution in [0.2, 0.25) is 5.02 Å². The molecule has 1 amide bonds. The van der Waals surface area contributed by atoms with Crippen LogP contribution in [0.5, 0.6) is 0 Å². The summed E-state index contributed by atoms with van der Waals surface area (Å²) in [7, 11) is 0. The summed E-state index contributed by atoms with van der Waals surface area (Å²) in [5, 5.41) is 12.6. The highest BCUT2D eigenvalue weighted by Crippen LogP contribution is 2.38. The summed E-state index contributed by atoms with van der Waals surface area (Å²) in [6.07, 6.45) is 2.33. The summed E-state index contributed by atoms with van der Waals surface area (Å²) in [5.41, 5.74) is 1.62. The molecule has 0 saturated heterocycles. The first-order valence-electron chi connectivity index (χ1n) is 7.15. The Balaban J connectivity index is 1.62. The first kappa shape index (κ1) is 15.4. The number of nitrogens with zero attached hydrogens (tertiary/aromatic N) is 3. The second-order valence-electron chi connectivity index (χ2n) is 5.38. The maximum Gasteiger partial charge on any atom is 0.234 e. The van der Waals surface area contributed by atoms with Gasteiger partial charge in [0.2, 0.25) is 5.91 Å². The number of benzene rings is 1. The molecule has 1 saturated carbocycles. The van der Waals surface area contributed by atoms with Gasteiger partial charge in [0.05, 0.1) is 5.75 Å². The van der Waals surface area contributed by atoms with Gasteiger partial charge in [-0.3, -0.25) is 4.79 Å². The van der Waals surface area contributed by atoms with Crippen molar-refractivity contribution in [2.24, 2.45) is 0 Å². The summed E-state index contributed by atoms with van der Waals surface area (Å²) in [6, 6.07) is 5.99. The largest absolute Gasteiger partial charge is 0.325 e. The number of rotatable bonds is 5. The maximum atomic E-state index is 12.1. The molecule has 1 fully saturated rings. The topological polar surface area (TPSA) is 59.8 Å². The van der Waals surface area contributed by atoms with Gasteiger partial charge in [0.15, 0.2) is 5.16 Å². The van der Waals surface area contributed by atoms with Crippen LogP contribution in [0, 0.1) is 13.8 Å². The molecule has 22 heavy (non-hydrogen) atoms. The van der Waals surface area contributed by atoms with Gasteiger partial charge in [-0.15, -0.1) is 10.2 Å². The number of anilines is 1. The van der Waals surface area contributed by atoms with Crippen molar-refractivity contribution in [2.45, 2.75) is 37.9 Å². The summed E-state index contributed by atoms with van der Waals surface area (Å²) >= 11 is 7.48. The van der Waals surface area contributed by atoms with E-state index in [1.807, 2.05) is 32.0 Å².